The number of benzene rings is 2. The Morgan fingerprint density at radius 3 is 2.88 bits per heavy atom. The molecule has 1 saturated heterocycles. The molecule has 2 amide bonds. The highest BCUT2D eigenvalue weighted by atomic mass is 35.5. The van der Waals surface area contributed by atoms with Gasteiger partial charge in [0.2, 0.25) is 0 Å². The van der Waals surface area contributed by atoms with Gasteiger partial charge in [-0.1, -0.05) is 23.7 Å². The van der Waals surface area contributed by atoms with E-state index in [-0.39, 0.29) is 17.9 Å². The van der Waals surface area contributed by atoms with E-state index < -0.39 is 0 Å². The van der Waals surface area contributed by atoms with E-state index in [1.165, 1.54) is 12.1 Å². The van der Waals surface area contributed by atoms with Crippen molar-refractivity contribution in [1.82, 2.24) is 4.90 Å². The van der Waals surface area contributed by atoms with Gasteiger partial charge in [0.15, 0.2) is 0 Å². The summed E-state index contributed by atoms with van der Waals surface area (Å²) in [5.41, 5.74) is 1.33. The molecule has 126 valence electrons. The first-order chi connectivity index (χ1) is 11.6. The van der Waals surface area contributed by atoms with Crippen molar-refractivity contribution < 1.29 is 13.9 Å². The second kappa shape index (κ2) is 7.09. The second-order valence-electron chi connectivity index (χ2n) is 5.68. The number of amides is 2. The van der Waals surface area contributed by atoms with Crippen molar-refractivity contribution >= 4 is 23.3 Å². The predicted octanol–water partition coefficient (Wildman–Crippen LogP) is 4.86. The molecule has 1 N–H and O–H groups in total. The summed E-state index contributed by atoms with van der Waals surface area (Å²) in [6.45, 7) is 0.626. The highest BCUT2D eigenvalue weighted by Gasteiger charge is 2.30. The molecule has 1 unspecified atom stereocenters. The molecule has 2 aromatic rings. The van der Waals surface area contributed by atoms with E-state index in [1.807, 2.05) is 6.07 Å². The maximum atomic E-state index is 13.5. The SMILES string of the molecule is COc1ccc(NC(=O)N2CCCC2c2cccc(F)c2)c(Cl)c1. The van der Waals surface area contributed by atoms with Crippen molar-refractivity contribution in [2.45, 2.75) is 18.9 Å². The molecule has 0 radical (unpaired) electrons. The largest absolute Gasteiger partial charge is 0.497 e. The number of anilines is 1. The van der Waals surface area contributed by atoms with E-state index >= 15 is 0 Å². The first-order valence-electron chi connectivity index (χ1n) is 7.75. The Morgan fingerprint density at radius 2 is 2.17 bits per heavy atom. The fourth-order valence-corrected chi connectivity index (χ4v) is 3.20. The zero-order valence-electron chi connectivity index (χ0n) is 13.3. The summed E-state index contributed by atoms with van der Waals surface area (Å²) in [6.07, 6.45) is 1.69. The number of halogens is 2. The van der Waals surface area contributed by atoms with Gasteiger partial charge in [0, 0.05) is 12.6 Å². The van der Waals surface area contributed by atoms with Crippen LogP contribution in [0.3, 0.4) is 0 Å². The fourth-order valence-electron chi connectivity index (χ4n) is 2.98. The number of methoxy groups -OCH3 is 1. The number of urea groups is 1. The lowest BCUT2D eigenvalue weighted by molar-refractivity contribution is 0.207. The summed E-state index contributed by atoms with van der Waals surface area (Å²) in [7, 11) is 1.55. The molecule has 4 nitrogen and oxygen atoms in total. The third-order valence-corrected chi connectivity index (χ3v) is 4.48. The summed E-state index contributed by atoms with van der Waals surface area (Å²) < 4.78 is 18.6. The molecular formula is C18H18ClFN2O2. The Morgan fingerprint density at radius 1 is 1.33 bits per heavy atom. The monoisotopic (exact) mass is 348 g/mol. The molecule has 0 bridgehead atoms. The van der Waals surface area contributed by atoms with Crippen LogP contribution in [0.4, 0.5) is 14.9 Å². The van der Waals surface area contributed by atoms with E-state index in [9.17, 15) is 9.18 Å². The normalized spacial score (nSPS) is 17.0. The summed E-state index contributed by atoms with van der Waals surface area (Å²) in [4.78, 5) is 14.3. The Labute approximate surface area is 145 Å². The molecule has 0 saturated carbocycles. The molecule has 1 heterocycles. The number of nitrogens with zero attached hydrogens (tertiary/aromatic N) is 1. The number of hydrogen-bond donors (Lipinski definition) is 1. The number of nitrogens with one attached hydrogen (secondary N) is 1. The number of ether oxygens (including phenoxy) is 1. The van der Waals surface area contributed by atoms with Crippen molar-refractivity contribution in [3.05, 3.63) is 58.9 Å². The molecule has 24 heavy (non-hydrogen) atoms. The topological polar surface area (TPSA) is 41.6 Å². The molecular weight excluding hydrogens is 331 g/mol. The maximum Gasteiger partial charge on any atom is 0.322 e. The lowest BCUT2D eigenvalue weighted by atomic mass is 10.0. The van der Waals surface area contributed by atoms with Gasteiger partial charge in [0.1, 0.15) is 11.6 Å². The Kier molecular flexibility index (Phi) is 4.90. The van der Waals surface area contributed by atoms with Crippen molar-refractivity contribution in [2.75, 3.05) is 19.0 Å². The minimum absolute atomic E-state index is 0.127. The van der Waals surface area contributed by atoms with Crippen LogP contribution in [0.15, 0.2) is 42.5 Å². The van der Waals surface area contributed by atoms with Crippen molar-refractivity contribution in [3.63, 3.8) is 0 Å². The van der Waals surface area contributed by atoms with Crippen LogP contribution in [-0.2, 0) is 0 Å². The minimum atomic E-state index is -0.294. The third-order valence-electron chi connectivity index (χ3n) is 4.16. The molecule has 1 fully saturated rings. The summed E-state index contributed by atoms with van der Waals surface area (Å²) in [5.74, 6) is 0.328. The Hall–Kier alpha value is -2.27. The smallest absolute Gasteiger partial charge is 0.322 e. The van der Waals surface area contributed by atoms with E-state index in [2.05, 4.69) is 5.32 Å². The summed E-state index contributed by atoms with van der Waals surface area (Å²) >= 11 is 6.17. The molecule has 0 aromatic heterocycles. The molecule has 6 heteroatoms. The minimum Gasteiger partial charge on any atom is -0.497 e. The zero-order chi connectivity index (χ0) is 17.1. The maximum absolute atomic E-state index is 13.5. The average molecular weight is 349 g/mol. The lowest BCUT2D eigenvalue weighted by Gasteiger charge is -2.25. The summed E-state index contributed by atoms with van der Waals surface area (Å²) in [6, 6.07) is 11.1. The van der Waals surface area contributed by atoms with Crippen LogP contribution >= 0.6 is 11.6 Å². The van der Waals surface area contributed by atoms with Crippen LogP contribution in [0.25, 0.3) is 0 Å². The molecule has 2 aromatic carbocycles. The zero-order valence-corrected chi connectivity index (χ0v) is 14.0. The number of hydrogen-bond acceptors (Lipinski definition) is 2. The number of rotatable bonds is 3. The van der Waals surface area contributed by atoms with E-state index in [1.54, 1.807) is 36.3 Å². The van der Waals surface area contributed by atoms with Crippen LogP contribution in [-0.4, -0.2) is 24.6 Å². The first kappa shape index (κ1) is 16.6. The molecule has 1 aliphatic heterocycles. The first-order valence-corrected chi connectivity index (χ1v) is 8.13. The quantitative estimate of drug-likeness (QED) is 0.860. The highest BCUT2D eigenvalue weighted by molar-refractivity contribution is 6.33. The van der Waals surface area contributed by atoms with Crippen LogP contribution in [0.1, 0.15) is 24.4 Å². The van der Waals surface area contributed by atoms with Crippen LogP contribution in [0.2, 0.25) is 5.02 Å². The average Bonchev–Trinajstić information content (AvgIpc) is 3.06. The predicted molar refractivity (Wildman–Crippen MR) is 92.1 cm³/mol. The molecule has 3 rings (SSSR count). The number of carbonyl (C=O) groups is 1. The Bertz CT molecular complexity index is 754. The van der Waals surface area contributed by atoms with Crippen LogP contribution < -0.4 is 10.1 Å². The Balaban J connectivity index is 1.76. The van der Waals surface area contributed by atoms with Gasteiger partial charge in [-0.05, 0) is 42.7 Å². The van der Waals surface area contributed by atoms with E-state index in [4.69, 9.17) is 16.3 Å². The molecule has 0 spiro atoms. The lowest BCUT2D eigenvalue weighted by Crippen LogP contribution is -2.34. The van der Waals surface area contributed by atoms with E-state index in [0.717, 1.165) is 18.4 Å². The fraction of sp³-hybridized carbons (Fsp3) is 0.278. The van der Waals surface area contributed by atoms with Crippen LogP contribution in [0.5, 0.6) is 5.75 Å². The van der Waals surface area contributed by atoms with E-state index in [0.29, 0.717) is 23.0 Å². The summed E-state index contributed by atoms with van der Waals surface area (Å²) in [5, 5.41) is 3.23. The molecule has 0 aliphatic carbocycles. The third kappa shape index (κ3) is 3.46. The number of likely N-dealkylation sites (tertiary alicyclic amines) is 1. The van der Waals surface area contributed by atoms with Gasteiger partial charge < -0.3 is 15.0 Å². The van der Waals surface area contributed by atoms with Gasteiger partial charge in [-0.15, -0.1) is 0 Å². The van der Waals surface area contributed by atoms with Crippen molar-refractivity contribution in [1.29, 1.82) is 0 Å². The van der Waals surface area contributed by atoms with Gasteiger partial charge in [-0.3, -0.25) is 0 Å². The number of carbonyl (C=O) groups excluding carboxylic acids is 1. The van der Waals surface area contributed by atoms with Gasteiger partial charge >= 0.3 is 6.03 Å². The standard InChI is InChI=1S/C18H18ClFN2O2/c1-24-14-7-8-16(15(19)11-14)21-18(23)22-9-3-6-17(22)12-4-2-5-13(20)10-12/h2,4-5,7-8,10-11,17H,3,6,9H2,1H3,(H,21,23). The van der Waals surface area contributed by atoms with Gasteiger partial charge in [-0.2, -0.15) is 0 Å². The van der Waals surface area contributed by atoms with Gasteiger partial charge in [-0.25, -0.2) is 9.18 Å². The van der Waals surface area contributed by atoms with Gasteiger partial charge in [0.25, 0.3) is 0 Å². The van der Waals surface area contributed by atoms with Crippen LogP contribution in [0, 0.1) is 5.82 Å². The second-order valence-corrected chi connectivity index (χ2v) is 6.09. The van der Waals surface area contributed by atoms with Gasteiger partial charge in [0.05, 0.1) is 23.9 Å². The molecule has 1 atom stereocenters. The van der Waals surface area contributed by atoms with Crippen molar-refractivity contribution in [2.24, 2.45) is 0 Å². The van der Waals surface area contributed by atoms with Crippen molar-refractivity contribution in [3.8, 4) is 5.75 Å². The highest BCUT2D eigenvalue weighted by Crippen LogP contribution is 2.33. The molecule has 1 aliphatic rings.